The number of carbonyl (C=O) groups is 3. The van der Waals surface area contributed by atoms with Crippen molar-refractivity contribution in [2.45, 2.75) is 39.4 Å². The second-order valence-electron chi connectivity index (χ2n) is 7.23. The van der Waals surface area contributed by atoms with Crippen LogP contribution in [0.2, 0.25) is 0 Å². The van der Waals surface area contributed by atoms with Gasteiger partial charge in [0.2, 0.25) is 5.91 Å². The molecule has 180 valence electrons. The fraction of sp³-hybridized carbons (Fsp3) is 0.571. The third kappa shape index (κ3) is 9.13. The van der Waals surface area contributed by atoms with E-state index in [0.717, 1.165) is 31.9 Å². The molecule has 1 aliphatic heterocycles. The smallest absolute Gasteiger partial charge is 0.490 e. The normalized spacial score (nSPS) is 13.8. The molecule has 2 amide bonds. The number of halogens is 3. The van der Waals surface area contributed by atoms with Gasteiger partial charge in [0.15, 0.2) is 0 Å². The summed E-state index contributed by atoms with van der Waals surface area (Å²) in [5.74, 6) is -1.94. The molecule has 1 aromatic rings. The number of carbonyl (C=O) groups excluding carboxylic acids is 2. The van der Waals surface area contributed by atoms with Crippen molar-refractivity contribution in [2.75, 3.05) is 39.3 Å². The van der Waals surface area contributed by atoms with Gasteiger partial charge in [-0.1, -0.05) is 0 Å². The van der Waals surface area contributed by atoms with E-state index >= 15 is 0 Å². The number of nitrogens with one attached hydrogen (secondary N) is 1. The number of benzene rings is 1. The van der Waals surface area contributed by atoms with Crippen molar-refractivity contribution in [3.8, 4) is 5.75 Å². The maximum Gasteiger partial charge on any atom is 0.490 e. The number of carboxylic acid groups (broad SMARTS) is 1. The summed E-state index contributed by atoms with van der Waals surface area (Å²) in [7, 11) is 0. The van der Waals surface area contributed by atoms with Gasteiger partial charge >= 0.3 is 12.1 Å². The standard InChI is InChI=1S/C19H29N3O3.C2HF3O2/c1-4-25-17-7-5-16(6-8-17)19(24)22(15(2)3)12-9-18(23)21-13-10-20-11-14-21;3-2(4,5)1(6)7/h5-8,15,20H,4,9-14H2,1-3H3;(H,6,7). The lowest BCUT2D eigenvalue weighted by Crippen LogP contribution is -2.47. The molecular weight excluding hydrogens is 431 g/mol. The number of hydrogen-bond donors (Lipinski definition) is 2. The van der Waals surface area contributed by atoms with E-state index < -0.39 is 12.1 Å². The Morgan fingerprint density at radius 3 is 2.12 bits per heavy atom. The number of rotatable bonds is 7. The first-order chi connectivity index (χ1) is 15.0. The molecule has 0 bridgehead atoms. The van der Waals surface area contributed by atoms with Gasteiger partial charge in [0.1, 0.15) is 5.75 Å². The predicted molar refractivity (Wildman–Crippen MR) is 112 cm³/mol. The van der Waals surface area contributed by atoms with Gasteiger partial charge < -0.3 is 25.0 Å². The van der Waals surface area contributed by atoms with Crippen LogP contribution in [0.25, 0.3) is 0 Å². The minimum absolute atomic E-state index is 0.0369. The maximum absolute atomic E-state index is 12.8. The van der Waals surface area contributed by atoms with Crippen molar-refractivity contribution in [2.24, 2.45) is 0 Å². The summed E-state index contributed by atoms with van der Waals surface area (Å²) in [5, 5.41) is 10.4. The van der Waals surface area contributed by atoms with E-state index in [1.807, 2.05) is 25.7 Å². The Kier molecular flexibility index (Phi) is 11.0. The van der Waals surface area contributed by atoms with Crippen molar-refractivity contribution in [3.63, 3.8) is 0 Å². The summed E-state index contributed by atoms with van der Waals surface area (Å²) >= 11 is 0. The number of amides is 2. The van der Waals surface area contributed by atoms with Crippen LogP contribution in [0.4, 0.5) is 13.2 Å². The third-order valence-electron chi connectivity index (χ3n) is 4.58. The van der Waals surface area contributed by atoms with Gasteiger partial charge in [-0.2, -0.15) is 13.2 Å². The zero-order valence-electron chi connectivity index (χ0n) is 18.4. The Bertz CT molecular complexity index is 748. The number of ether oxygens (including phenoxy) is 1. The number of piperazine rings is 1. The first-order valence-corrected chi connectivity index (χ1v) is 10.3. The number of carboxylic acids is 1. The molecule has 0 radical (unpaired) electrons. The second kappa shape index (κ2) is 12.9. The van der Waals surface area contributed by atoms with Crippen molar-refractivity contribution in [3.05, 3.63) is 29.8 Å². The highest BCUT2D eigenvalue weighted by molar-refractivity contribution is 5.94. The molecule has 0 atom stereocenters. The van der Waals surface area contributed by atoms with Gasteiger partial charge in [-0.05, 0) is 45.0 Å². The number of hydrogen-bond acceptors (Lipinski definition) is 5. The average Bonchev–Trinajstić information content (AvgIpc) is 2.74. The monoisotopic (exact) mass is 461 g/mol. The minimum atomic E-state index is -5.08. The average molecular weight is 461 g/mol. The zero-order valence-corrected chi connectivity index (χ0v) is 18.4. The third-order valence-corrected chi connectivity index (χ3v) is 4.58. The predicted octanol–water partition coefficient (Wildman–Crippen LogP) is 2.39. The minimum Gasteiger partial charge on any atom is -0.494 e. The van der Waals surface area contributed by atoms with Crippen LogP contribution in [0.5, 0.6) is 5.75 Å². The molecule has 0 spiro atoms. The quantitative estimate of drug-likeness (QED) is 0.647. The lowest BCUT2D eigenvalue weighted by Gasteiger charge is -2.30. The van der Waals surface area contributed by atoms with Crippen LogP contribution in [0, 0.1) is 0 Å². The van der Waals surface area contributed by atoms with Crippen LogP contribution in [0.15, 0.2) is 24.3 Å². The van der Waals surface area contributed by atoms with Crippen LogP contribution in [0.1, 0.15) is 37.6 Å². The van der Waals surface area contributed by atoms with Gasteiger partial charge in [-0.15, -0.1) is 0 Å². The van der Waals surface area contributed by atoms with E-state index in [-0.39, 0.29) is 17.9 Å². The molecule has 1 aromatic carbocycles. The van der Waals surface area contributed by atoms with Gasteiger partial charge in [-0.3, -0.25) is 9.59 Å². The zero-order chi connectivity index (χ0) is 24.3. The van der Waals surface area contributed by atoms with Gasteiger partial charge in [0.05, 0.1) is 6.61 Å². The van der Waals surface area contributed by atoms with E-state index in [9.17, 15) is 22.8 Å². The molecule has 0 aliphatic carbocycles. The Labute approximate surface area is 185 Å². The first-order valence-electron chi connectivity index (χ1n) is 10.3. The SMILES string of the molecule is CCOc1ccc(C(=O)N(CCC(=O)N2CCNCC2)C(C)C)cc1.O=C(O)C(F)(F)F. The maximum atomic E-state index is 12.8. The fourth-order valence-corrected chi connectivity index (χ4v) is 2.91. The van der Waals surface area contributed by atoms with Crippen LogP contribution < -0.4 is 10.1 Å². The molecule has 2 N–H and O–H groups in total. The first kappa shape index (κ1) is 27.2. The Morgan fingerprint density at radius 2 is 1.69 bits per heavy atom. The topological polar surface area (TPSA) is 99.2 Å². The molecule has 8 nitrogen and oxygen atoms in total. The van der Waals surface area contributed by atoms with Crippen LogP contribution >= 0.6 is 0 Å². The van der Waals surface area contributed by atoms with E-state index in [2.05, 4.69) is 5.32 Å². The lowest BCUT2D eigenvalue weighted by molar-refractivity contribution is -0.192. The van der Waals surface area contributed by atoms with Gasteiger partial charge in [-0.25, -0.2) is 4.79 Å². The highest BCUT2D eigenvalue weighted by Crippen LogP contribution is 2.16. The molecule has 2 rings (SSSR count). The fourth-order valence-electron chi connectivity index (χ4n) is 2.91. The second-order valence-corrected chi connectivity index (χ2v) is 7.23. The molecule has 1 heterocycles. The Hall–Kier alpha value is -2.82. The number of alkyl halides is 3. The summed E-state index contributed by atoms with van der Waals surface area (Å²) in [6.07, 6.45) is -4.72. The highest BCUT2D eigenvalue weighted by Gasteiger charge is 2.38. The summed E-state index contributed by atoms with van der Waals surface area (Å²) in [6.45, 7) is 10.1. The van der Waals surface area contributed by atoms with Crippen LogP contribution in [-0.4, -0.2) is 84.2 Å². The van der Waals surface area contributed by atoms with Crippen molar-refractivity contribution in [1.29, 1.82) is 0 Å². The molecule has 1 aliphatic rings. The molecule has 0 unspecified atom stereocenters. The summed E-state index contributed by atoms with van der Waals surface area (Å²) in [6, 6.07) is 7.21. The van der Waals surface area contributed by atoms with Gasteiger partial charge in [0.25, 0.3) is 5.91 Å². The van der Waals surface area contributed by atoms with E-state index in [0.29, 0.717) is 25.1 Å². The van der Waals surface area contributed by atoms with E-state index in [1.165, 1.54) is 0 Å². The summed E-state index contributed by atoms with van der Waals surface area (Å²) in [5.41, 5.74) is 0.617. The molecule has 11 heteroatoms. The van der Waals surface area contributed by atoms with Crippen molar-refractivity contribution in [1.82, 2.24) is 15.1 Å². The van der Waals surface area contributed by atoms with Crippen molar-refractivity contribution >= 4 is 17.8 Å². The molecule has 1 fully saturated rings. The van der Waals surface area contributed by atoms with E-state index in [1.54, 1.807) is 29.2 Å². The van der Waals surface area contributed by atoms with Crippen molar-refractivity contribution < 1.29 is 37.4 Å². The Morgan fingerprint density at radius 1 is 1.16 bits per heavy atom. The molecule has 1 saturated heterocycles. The van der Waals surface area contributed by atoms with E-state index in [4.69, 9.17) is 14.6 Å². The lowest BCUT2D eigenvalue weighted by atomic mass is 10.1. The summed E-state index contributed by atoms with van der Waals surface area (Å²) < 4.78 is 37.2. The molecular formula is C21H30F3N3O5. The molecule has 32 heavy (non-hydrogen) atoms. The Balaban J connectivity index is 0.000000633. The van der Waals surface area contributed by atoms with Gasteiger partial charge in [0, 0.05) is 50.7 Å². The highest BCUT2D eigenvalue weighted by atomic mass is 19.4. The van der Waals surface area contributed by atoms with Crippen LogP contribution in [0.3, 0.4) is 0 Å². The largest absolute Gasteiger partial charge is 0.494 e. The number of aliphatic carboxylic acids is 1. The molecule has 0 saturated carbocycles. The van der Waals surface area contributed by atoms with Crippen LogP contribution in [-0.2, 0) is 9.59 Å². The number of nitrogens with zero attached hydrogens (tertiary/aromatic N) is 2. The summed E-state index contributed by atoms with van der Waals surface area (Å²) in [4.78, 5) is 37.7. The molecule has 0 aromatic heterocycles.